The zero-order chi connectivity index (χ0) is 15.1. The first kappa shape index (κ1) is 15.5. The maximum absolute atomic E-state index is 11.8. The molecule has 5 nitrogen and oxygen atoms in total. The first-order valence-electron chi connectivity index (χ1n) is 7.47. The van der Waals surface area contributed by atoms with Gasteiger partial charge in [0.2, 0.25) is 5.91 Å². The number of imide groups is 1. The average Bonchev–Trinajstić information content (AvgIpc) is 2.46. The molecule has 1 fully saturated rings. The van der Waals surface area contributed by atoms with Crippen LogP contribution in [0.15, 0.2) is 30.3 Å². The summed E-state index contributed by atoms with van der Waals surface area (Å²) in [6.45, 7) is 4.77. The topological polar surface area (TPSA) is 61.4 Å². The van der Waals surface area contributed by atoms with Gasteiger partial charge < -0.3 is 5.32 Å². The van der Waals surface area contributed by atoms with E-state index in [0.717, 1.165) is 25.1 Å². The van der Waals surface area contributed by atoms with Crippen LogP contribution in [0.1, 0.15) is 25.3 Å². The molecule has 0 bridgehead atoms. The van der Waals surface area contributed by atoms with E-state index in [9.17, 15) is 9.59 Å². The molecule has 0 aliphatic carbocycles. The van der Waals surface area contributed by atoms with Crippen molar-refractivity contribution < 1.29 is 9.59 Å². The maximum Gasteiger partial charge on any atom is 0.321 e. The number of nitrogens with one attached hydrogen (secondary N) is 2. The Hall–Kier alpha value is -1.88. The highest BCUT2D eigenvalue weighted by Crippen LogP contribution is 2.14. The maximum atomic E-state index is 11.8. The summed E-state index contributed by atoms with van der Waals surface area (Å²) in [5.74, 6) is 0.383. The van der Waals surface area contributed by atoms with Crippen molar-refractivity contribution in [3.05, 3.63) is 35.9 Å². The lowest BCUT2D eigenvalue weighted by atomic mass is 10.0. The Kier molecular flexibility index (Phi) is 5.75. The fraction of sp³-hybridized carbons (Fsp3) is 0.500. The highest BCUT2D eigenvalue weighted by molar-refractivity contribution is 5.95. The van der Waals surface area contributed by atoms with Crippen molar-refractivity contribution in [1.29, 1.82) is 0 Å². The van der Waals surface area contributed by atoms with Crippen LogP contribution in [-0.2, 0) is 11.3 Å². The van der Waals surface area contributed by atoms with Crippen LogP contribution in [-0.4, -0.2) is 36.5 Å². The van der Waals surface area contributed by atoms with Crippen molar-refractivity contribution >= 4 is 11.9 Å². The Bertz CT molecular complexity index is 476. The molecule has 1 aromatic carbocycles. The minimum absolute atomic E-state index is 0.241. The number of amides is 3. The molecule has 1 heterocycles. The molecule has 1 aromatic rings. The number of hydrogen-bond donors (Lipinski definition) is 2. The van der Waals surface area contributed by atoms with Gasteiger partial charge in [0, 0.05) is 13.1 Å². The molecular formula is C16H23N3O2. The second-order valence-corrected chi connectivity index (χ2v) is 5.70. The van der Waals surface area contributed by atoms with Crippen LogP contribution in [0.25, 0.3) is 0 Å². The first-order valence-corrected chi connectivity index (χ1v) is 7.47. The summed E-state index contributed by atoms with van der Waals surface area (Å²) in [5.41, 5.74) is 1.00. The number of urea groups is 1. The van der Waals surface area contributed by atoms with Crippen molar-refractivity contribution in [2.45, 2.75) is 26.3 Å². The van der Waals surface area contributed by atoms with Crippen molar-refractivity contribution in [2.24, 2.45) is 5.92 Å². The number of benzene rings is 1. The van der Waals surface area contributed by atoms with Gasteiger partial charge >= 0.3 is 6.03 Å². The van der Waals surface area contributed by atoms with E-state index in [0.29, 0.717) is 19.0 Å². The van der Waals surface area contributed by atoms with Gasteiger partial charge in [0.15, 0.2) is 0 Å². The Morgan fingerprint density at radius 1 is 1.29 bits per heavy atom. The van der Waals surface area contributed by atoms with E-state index < -0.39 is 6.03 Å². The monoisotopic (exact) mass is 289 g/mol. The number of hydrogen-bond acceptors (Lipinski definition) is 3. The Morgan fingerprint density at radius 3 is 2.76 bits per heavy atom. The molecule has 0 spiro atoms. The molecule has 2 N–H and O–H groups in total. The number of carbonyl (C=O) groups is 2. The Labute approximate surface area is 125 Å². The Balaban J connectivity index is 1.68. The van der Waals surface area contributed by atoms with Crippen molar-refractivity contribution in [2.75, 3.05) is 19.6 Å². The zero-order valence-corrected chi connectivity index (χ0v) is 12.5. The predicted octanol–water partition coefficient (Wildman–Crippen LogP) is 1.74. The highest BCUT2D eigenvalue weighted by Gasteiger charge is 2.19. The molecular weight excluding hydrogens is 266 g/mol. The number of piperidine rings is 1. The van der Waals surface area contributed by atoms with Crippen LogP contribution >= 0.6 is 0 Å². The van der Waals surface area contributed by atoms with E-state index in [2.05, 4.69) is 22.5 Å². The van der Waals surface area contributed by atoms with Gasteiger partial charge in [-0.25, -0.2) is 4.79 Å². The predicted molar refractivity (Wildman–Crippen MR) is 81.7 cm³/mol. The summed E-state index contributed by atoms with van der Waals surface area (Å²) in [4.78, 5) is 25.6. The van der Waals surface area contributed by atoms with E-state index in [1.807, 2.05) is 30.3 Å². The molecule has 114 valence electrons. The van der Waals surface area contributed by atoms with Crippen molar-refractivity contribution in [3.8, 4) is 0 Å². The van der Waals surface area contributed by atoms with Gasteiger partial charge in [0.25, 0.3) is 0 Å². The minimum Gasteiger partial charge on any atom is -0.334 e. The second kappa shape index (κ2) is 7.78. The van der Waals surface area contributed by atoms with Crippen LogP contribution in [0.5, 0.6) is 0 Å². The number of nitrogens with zero attached hydrogens (tertiary/aromatic N) is 1. The van der Waals surface area contributed by atoms with Gasteiger partial charge in [-0.3, -0.25) is 15.0 Å². The summed E-state index contributed by atoms with van der Waals surface area (Å²) in [6, 6.07) is 9.17. The molecule has 1 atom stereocenters. The Morgan fingerprint density at radius 2 is 2.05 bits per heavy atom. The summed E-state index contributed by atoms with van der Waals surface area (Å²) in [7, 11) is 0. The van der Waals surface area contributed by atoms with Gasteiger partial charge in [-0.1, -0.05) is 37.3 Å². The molecule has 21 heavy (non-hydrogen) atoms. The molecule has 5 heteroatoms. The van der Waals surface area contributed by atoms with E-state index in [1.165, 1.54) is 6.42 Å². The fourth-order valence-corrected chi connectivity index (χ4v) is 2.62. The van der Waals surface area contributed by atoms with Crippen LogP contribution in [0.4, 0.5) is 4.79 Å². The highest BCUT2D eigenvalue weighted by atomic mass is 16.2. The van der Waals surface area contributed by atoms with Crippen LogP contribution in [0, 0.1) is 5.92 Å². The molecule has 0 saturated carbocycles. The number of carbonyl (C=O) groups excluding carboxylic acids is 2. The SMILES string of the molecule is CC1CCCN(CC(=O)NC(=O)NCc2ccccc2)C1. The van der Waals surface area contributed by atoms with Gasteiger partial charge in [0.1, 0.15) is 0 Å². The zero-order valence-electron chi connectivity index (χ0n) is 12.5. The van der Waals surface area contributed by atoms with E-state index in [1.54, 1.807) is 0 Å². The average molecular weight is 289 g/mol. The van der Waals surface area contributed by atoms with Crippen LogP contribution < -0.4 is 10.6 Å². The lowest BCUT2D eigenvalue weighted by molar-refractivity contribution is -0.121. The third-order valence-corrected chi connectivity index (χ3v) is 3.66. The largest absolute Gasteiger partial charge is 0.334 e. The van der Waals surface area contributed by atoms with E-state index in [-0.39, 0.29) is 5.91 Å². The van der Waals surface area contributed by atoms with Crippen LogP contribution in [0.3, 0.4) is 0 Å². The first-order chi connectivity index (χ1) is 10.1. The van der Waals surface area contributed by atoms with E-state index in [4.69, 9.17) is 0 Å². The lowest BCUT2D eigenvalue weighted by Crippen LogP contribution is -2.46. The molecule has 0 radical (unpaired) electrons. The normalized spacial score (nSPS) is 19.0. The summed E-state index contributed by atoms with van der Waals surface area (Å²) in [5, 5.41) is 5.07. The van der Waals surface area contributed by atoms with Crippen molar-refractivity contribution in [1.82, 2.24) is 15.5 Å². The van der Waals surface area contributed by atoms with Crippen LogP contribution in [0.2, 0.25) is 0 Å². The van der Waals surface area contributed by atoms with Gasteiger partial charge in [-0.05, 0) is 30.9 Å². The van der Waals surface area contributed by atoms with Gasteiger partial charge in [-0.15, -0.1) is 0 Å². The molecule has 2 rings (SSSR count). The van der Waals surface area contributed by atoms with E-state index >= 15 is 0 Å². The van der Waals surface area contributed by atoms with Gasteiger partial charge in [0.05, 0.1) is 6.54 Å². The quantitative estimate of drug-likeness (QED) is 0.887. The molecule has 1 aliphatic heterocycles. The second-order valence-electron chi connectivity index (χ2n) is 5.70. The lowest BCUT2D eigenvalue weighted by Gasteiger charge is -2.29. The number of rotatable bonds is 4. The fourth-order valence-electron chi connectivity index (χ4n) is 2.62. The number of likely N-dealkylation sites (tertiary alicyclic amines) is 1. The summed E-state index contributed by atoms with van der Waals surface area (Å²) >= 11 is 0. The molecule has 0 aromatic heterocycles. The minimum atomic E-state index is -0.436. The molecule has 1 saturated heterocycles. The third kappa shape index (κ3) is 5.55. The van der Waals surface area contributed by atoms with Crippen molar-refractivity contribution in [3.63, 3.8) is 0 Å². The summed E-state index contributed by atoms with van der Waals surface area (Å²) in [6.07, 6.45) is 2.34. The van der Waals surface area contributed by atoms with Gasteiger partial charge in [-0.2, -0.15) is 0 Å². The summed E-state index contributed by atoms with van der Waals surface area (Å²) < 4.78 is 0. The smallest absolute Gasteiger partial charge is 0.321 e. The third-order valence-electron chi connectivity index (χ3n) is 3.66. The standard InChI is InChI=1S/C16H23N3O2/c1-13-6-5-9-19(11-13)12-15(20)18-16(21)17-10-14-7-3-2-4-8-14/h2-4,7-8,13H,5-6,9-12H2,1H3,(H2,17,18,20,21). The molecule has 1 aliphatic rings. The molecule has 3 amide bonds. The molecule has 1 unspecified atom stereocenters.